The number of aliphatic imine (C=N–C) groups is 1. The fourth-order valence-corrected chi connectivity index (χ4v) is 3.16. The molecule has 1 saturated heterocycles. The summed E-state index contributed by atoms with van der Waals surface area (Å²) in [6.07, 6.45) is 3.46. The molecule has 1 unspecified atom stereocenters. The lowest BCUT2D eigenvalue weighted by Gasteiger charge is -2.33. The molecule has 0 radical (unpaired) electrons. The third-order valence-corrected chi connectivity index (χ3v) is 4.51. The van der Waals surface area contributed by atoms with Crippen LogP contribution in [-0.4, -0.2) is 58.8 Å². The van der Waals surface area contributed by atoms with Gasteiger partial charge < -0.3 is 15.0 Å². The molecule has 2 aromatic rings. The van der Waals surface area contributed by atoms with Crippen molar-refractivity contribution in [2.24, 2.45) is 4.99 Å². The van der Waals surface area contributed by atoms with Crippen LogP contribution >= 0.6 is 24.0 Å². The van der Waals surface area contributed by atoms with Crippen molar-refractivity contribution in [1.82, 2.24) is 25.4 Å². The SMILES string of the molecule is CN=C(NCC(C)Oc1cccc(F)c1)N1CCC(c2ncn[nH]2)CC1.I. The Kier molecular flexibility index (Phi) is 8.26. The molecule has 1 aliphatic heterocycles. The third kappa shape index (κ3) is 6.05. The monoisotopic (exact) mass is 488 g/mol. The average Bonchev–Trinajstić information content (AvgIpc) is 3.17. The van der Waals surface area contributed by atoms with E-state index in [0.29, 0.717) is 18.2 Å². The molecule has 0 spiro atoms. The number of aromatic nitrogens is 3. The molecule has 0 amide bonds. The predicted molar refractivity (Wildman–Crippen MR) is 113 cm³/mol. The van der Waals surface area contributed by atoms with Gasteiger partial charge in [0.25, 0.3) is 0 Å². The first-order valence-corrected chi connectivity index (χ1v) is 8.88. The standard InChI is InChI=1S/C18H25FN6O.HI/c1-13(26-16-5-3-4-15(19)10-16)11-21-18(20-2)25-8-6-14(7-9-25)17-22-12-23-24-17;/h3-5,10,12-14H,6-9,11H2,1-2H3,(H,20,21)(H,22,23,24);1H. The van der Waals surface area contributed by atoms with Gasteiger partial charge in [0.2, 0.25) is 0 Å². The molecule has 0 saturated carbocycles. The number of likely N-dealkylation sites (tertiary alicyclic amines) is 1. The molecular formula is C18H26FIN6O. The summed E-state index contributed by atoms with van der Waals surface area (Å²) in [5.41, 5.74) is 0. The van der Waals surface area contributed by atoms with E-state index < -0.39 is 0 Å². The summed E-state index contributed by atoms with van der Waals surface area (Å²) in [5.74, 6) is 2.47. The summed E-state index contributed by atoms with van der Waals surface area (Å²) in [7, 11) is 1.78. The smallest absolute Gasteiger partial charge is 0.193 e. The van der Waals surface area contributed by atoms with Crippen molar-refractivity contribution >= 4 is 29.9 Å². The maximum absolute atomic E-state index is 13.2. The molecule has 7 nitrogen and oxygen atoms in total. The lowest BCUT2D eigenvalue weighted by molar-refractivity contribution is 0.219. The molecule has 2 N–H and O–H groups in total. The normalized spacial score (nSPS) is 16.6. The first-order chi connectivity index (χ1) is 12.7. The van der Waals surface area contributed by atoms with Crippen molar-refractivity contribution in [3.8, 4) is 5.75 Å². The Morgan fingerprint density at radius 1 is 1.44 bits per heavy atom. The minimum atomic E-state index is -0.298. The summed E-state index contributed by atoms with van der Waals surface area (Å²) < 4.78 is 19.0. The number of guanidine groups is 1. The summed E-state index contributed by atoms with van der Waals surface area (Å²) in [5, 5.41) is 10.2. The van der Waals surface area contributed by atoms with Crippen molar-refractivity contribution in [3.05, 3.63) is 42.2 Å². The van der Waals surface area contributed by atoms with E-state index in [2.05, 4.69) is 30.4 Å². The van der Waals surface area contributed by atoms with Crippen LogP contribution in [-0.2, 0) is 0 Å². The molecule has 1 aliphatic rings. The molecule has 3 rings (SSSR count). The topological polar surface area (TPSA) is 78.4 Å². The van der Waals surface area contributed by atoms with Crippen LogP contribution in [0.1, 0.15) is 31.5 Å². The van der Waals surface area contributed by atoms with E-state index in [0.717, 1.165) is 37.7 Å². The Balaban J connectivity index is 0.00000261. The molecule has 1 atom stereocenters. The van der Waals surface area contributed by atoms with Gasteiger partial charge in [0.05, 0.1) is 6.54 Å². The maximum Gasteiger partial charge on any atom is 0.193 e. The molecule has 0 bridgehead atoms. The van der Waals surface area contributed by atoms with E-state index in [9.17, 15) is 4.39 Å². The number of hydrogen-bond acceptors (Lipinski definition) is 4. The minimum absolute atomic E-state index is 0. The van der Waals surface area contributed by atoms with E-state index >= 15 is 0 Å². The fraction of sp³-hybridized carbons (Fsp3) is 0.500. The second-order valence-corrected chi connectivity index (χ2v) is 6.45. The van der Waals surface area contributed by atoms with Crippen LogP contribution in [0.25, 0.3) is 0 Å². The molecule has 1 aromatic heterocycles. The van der Waals surface area contributed by atoms with Crippen LogP contribution in [0.3, 0.4) is 0 Å². The molecule has 9 heteroatoms. The van der Waals surface area contributed by atoms with Gasteiger partial charge in [-0.2, -0.15) is 5.10 Å². The maximum atomic E-state index is 13.2. The van der Waals surface area contributed by atoms with Gasteiger partial charge in [-0.05, 0) is 31.9 Å². The Labute approximate surface area is 175 Å². The van der Waals surface area contributed by atoms with Crippen LogP contribution in [0.15, 0.2) is 35.6 Å². The zero-order valence-corrected chi connectivity index (χ0v) is 17.9. The fourth-order valence-electron chi connectivity index (χ4n) is 3.16. The molecule has 1 fully saturated rings. The largest absolute Gasteiger partial charge is 0.489 e. The summed E-state index contributed by atoms with van der Waals surface area (Å²) in [6.45, 7) is 4.35. The number of ether oxygens (including phenoxy) is 1. The minimum Gasteiger partial charge on any atom is -0.489 e. The van der Waals surface area contributed by atoms with E-state index in [1.165, 1.54) is 12.1 Å². The number of piperidine rings is 1. The molecule has 1 aromatic carbocycles. The lowest BCUT2D eigenvalue weighted by atomic mass is 9.96. The number of aromatic amines is 1. The quantitative estimate of drug-likeness (QED) is 0.385. The summed E-state index contributed by atoms with van der Waals surface area (Å²) in [6, 6.07) is 6.19. The van der Waals surface area contributed by atoms with Gasteiger partial charge in [0, 0.05) is 32.1 Å². The number of nitrogens with one attached hydrogen (secondary N) is 2. The van der Waals surface area contributed by atoms with Crippen molar-refractivity contribution in [2.75, 3.05) is 26.7 Å². The number of nitrogens with zero attached hydrogens (tertiary/aromatic N) is 4. The lowest BCUT2D eigenvalue weighted by Crippen LogP contribution is -2.47. The van der Waals surface area contributed by atoms with E-state index in [4.69, 9.17) is 4.74 Å². The summed E-state index contributed by atoms with van der Waals surface area (Å²) >= 11 is 0. The highest BCUT2D eigenvalue weighted by atomic mass is 127. The highest BCUT2D eigenvalue weighted by Crippen LogP contribution is 2.24. The number of halogens is 2. The van der Waals surface area contributed by atoms with Crippen LogP contribution < -0.4 is 10.1 Å². The van der Waals surface area contributed by atoms with E-state index in [-0.39, 0.29) is 35.9 Å². The molecular weight excluding hydrogens is 462 g/mol. The first kappa shape index (κ1) is 21.4. The third-order valence-electron chi connectivity index (χ3n) is 4.51. The second kappa shape index (κ2) is 10.4. The number of H-pyrrole nitrogens is 1. The van der Waals surface area contributed by atoms with Crippen molar-refractivity contribution in [1.29, 1.82) is 0 Å². The van der Waals surface area contributed by atoms with Crippen molar-refractivity contribution < 1.29 is 9.13 Å². The van der Waals surface area contributed by atoms with Crippen molar-refractivity contribution in [3.63, 3.8) is 0 Å². The predicted octanol–water partition coefficient (Wildman–Crippen LogP) is 2.78. The highest BCUT2D eigenvalue weighted by molar-refractivity contribution is 14.0. The van der Waals surface area contributed by atoms with Gasteiger partial charge in [0.1, 0.15) is 29.8 Å². The second-order valence-electron chi connectivity index (χ2n) is 6.45. The Hall–Kier alpha value is -1.91. The number of rotatable bonds is 5. The molecule has 2 heterocycles. The molecule has 0 aliphatic carbocycles. The van der Waals surface area contributed by atoms with Gasteiger partial charge in [0.15, 0.2) is 5.96 Å². The van der Waals surface area contributed by atoms with Crippen LogP contribution in [0.4, 0.5) is 4.39 Å². The van der Waals surface area contributed by atoms with Gasteiger partial charge in [-0.25, -0.2) is 9.37 Å². The Morgan fingerprint density at radius 3 is 2.85 bits per heavy atom. The number of benzene rings is 1. The van der Waals surface area contributed by atoms with E-state index in [1.54, 1.807) is 25.5 Å². The first-order valence-electron chi connectivity index (χ1n) is 8.88. The van der Waals surface area contributed by atoms with Crippen LogP contribution in [0, 0.1) is 5.82 Å². The average molecular weight is 488 g/mol. The zero-order valence-electron chi connectivity index (χ0n) is 15.6. The van der Waals surface area contributed by atoms with E-state index in [1.807, 2.05) is 6.92 Å². The van der Waals surface area contributed by atoms with Crippen LogP contribution in [0.5, 0.6) is 5.75 Å². The Morgan fingerprint density at radius 2 is 2.22 bits per heavy atom. The molecule has 148 valence electrons. The Bertz CT molecular complexity index is 718. The zero-order chi connectivity index (χ0) is 18.4. The van der Waals surface area contributed by atoms with Crippen molar-refractivity contribution in [2.45, 2.75) is 31.8 Å². The van der Waals surface area contributed by atoms with Gasteiger partial charge in [-0.3, -0.25) is 10.1 Å². The highest BCUT2D eigenvalue weighted by Gasteiger charge is 2.24. The van der Waals surface area contributed by atoms with Crippen LogP contribution in [0.2, 0.25) is 0 Å². The van der Waals surface area contributed by atoms with Gasteiger partial charge >= 0.3 is 0 Å². The number of hydrogen-bond donors (Lipinski definition) is 2. The van der Waals surface area contributed by atoms with Gasteiger partial charge in [-0.1, -0.05) is 6.07 Å². The summed E-state index contributed by atoms with van der Waals surface area (Å²) in [4.78, 5) is 10.9. The molecule has 27 heavy (non-hydrogen) atoms. The van der Waals surface area contributed by atoms with Gasteiger partial charge in [-0.15, -0.1) is 24.0 Å².